The van der Waals surface area contributed by atoms with E-state index in [9.17, 15) is 4.79 Å². The number of rotatable bonds is 4. The van der Waals surface area contributed by atoms with Crippen LogP contribution in [0.3, 0.4) is 0 Å². The van der Waals surface area contributed by atoms with Crippen LogP contribution in [-0.2, 0) is 9.53 Å². The Morgan fingerprint density at radius 3 is 2.78 bits per heavy atom. The van der Waals surface area contributed by atoms with Gasteiger partial charge in [0.15, 0.2) is 0 Å². The first-order valence-electron chi connectivity index (χ1n) is 8.19. The third-order valence-electron chi connectivity index (χ3n) is 4.45. The van der Waals surface area contributed by atoms with E-state index in [-0.39, 0.29) is 11.8 Å². The van der Waals surface area contributed by atoms with Gasteiger partial charge in [-0.05, 0) is 41.6 Å². The van der Waals surface area contributed by atoms with Gasteiger partial charge < -0.3 is 14.4 Å². The second-order valence-electron chi connectivity index (χ2n) is 6.17. The minimum Gasteiger partial charge on any atom is -0.463 e. The predicted octanol–water partition coefficient (Wildman–Crippen LogP) is 2.28. The molecule has 1 aromatic rings. The highest BCUT2D eigenvalue weighted by atomic mass is 79.9. The molecule has 1 amide bonds. The fourth-order valence-corrected chi connectivity index (χ4v) is 3.38. The molecule has 0 aromatic carbocycles. The smallest absolute Gasteiger partial charge is 0.316 e. The van der Waals surface area contributed by atoms with Crippen molar-refractivity contribution in [3.8, 4) is 6.01 Å². The molecule has 1 unspecified atom stereocenters. The van der Waals surface area contributed by atoms with Gasteiger partial charge in [0, 0.05) is 50.5 Å². The largest absolute Gasteiger partial charge is 0.463 e. The van der Waals surface area contributed by atoms with Gasteiger partial charge in [0.2, 0.25) is 5.91 Å². The second kappa shape index (κ2) is 8.06. The fourth-order valence-electron chi connectivity index (χ4n) is 3.17. The van der Waals surface area contributed by atoms with E-state index in [1.165, 1.54) is 0 Å². The van der Waals surface area contributed by atoms with Crippen LogP contribution in [0.5, 0.6) is 6.01 Å². The highest BCUT2D eigenvalue weighted by Crippen LogP contribution is 2.23. The minimum absolute atomic E-state index is 0.137. The van der Waals surface area contributed by atoms with Gasteiger partial charge in [-0.2, -0.15) is 0 Å². The van der Waals surface area contributed by atoms with Crippen molar-refractivity contribution in [1.29, 1.82) is 0 Å². The summed E-state index contributed by atoms with van der Waals surface area (Å²) in [5.41, 5.74) is 0. The van der Waals surface area contributed by atoms with Gasteiger partial charge in [-0.3, -0.25) is 4.79 Å². The topological polar surface area (TPSA) is 64.5 Å². The summed E-state index contributed by atoms with van der Waals surface area (Å²) >= 11 is 3.30. The van der Waals surface area contributed by atoms with E-state index in [4.69, 9.17) is 9.47 Å². The first-order valence-corrected chi connectivity index (χ1v) is 8.98. The molecule has 1 atom stereocenters. The van der Waals surface area contributed by atoms with E-state index in [2.05, 4.69) is 25.9 Å². The molecule has 0 N–H and O–H groups in total. The second-order valence-corrected chi connectivity index (χ2v) is 7.09. The highest BCUT2D eigenvalue weighted by Gasteiger charge is 2.30. The van der Waals surface area contributed by atoms with E-state index < -0.39 is 0 Å². The molecule has 2 fully saturated rings. The average Bonchev–Trinajstić information content (AvgIpc) is 2.61. The molecule has 0 radical (unpaired) electrons. The van der Waals surface area contributed by atoms with E-state index in [0.717, 1.165) is 43.2 Å². The standard InChI is InChI=1S/C16H22BrN3O3/c17-14-8-18-16(19-9-14)23-11-12-2-1-5-20(10-12)15(21)13-3-6-22-7-4-13/h8-9,12-13H,1-7,10-11H2. The lowest BCUT2D eigenvalue weighted by molar-refractivity contribution is -0.140. The van der Waals surface area contributed by atoms with Crippen molar-refractivity contribution in [1.82, 2.24) is 14.9 Å². The fraction of sp³-hybridized carbons (Fsp3) is 0.688. The SMILES string of the molecule is O=C(C1CCOCC1)N1CCCC(COc2ncc(Br)cn2)C1. The van der Waals surface area contributed by atoms with Gasteiger partial charge in [-0.15, -0.1) is 0 Å². The lowest BCUT2D eigenvalue weighted by Gasteiger charge is -2.35. The summed E-state index contributed by atoms with van der Waals surface area (Å²) < 4.78 is 11.8. The van der Waals surface area contributed by atoms with Crippen LogP contribution in [0.15, 0.2) is 16.9 Å². The molecule has 2 aliphatic rings. The number of nitrogens with zero attached hydrogens (tertiary/aromatic N) is 3. The van der Waals surface area contributed by atoms with Crippen molar-refractivity contribution in [3.63, 3.8) is 0 Å². The molecule has 6 nitrogen and oxygen atoms in total. The lowest BCUT2D eigenvalue weighted by Crippen LogP contribution is -2.45. The maximum Gasteiger partial charge on any atom is 0.316 e. The number of carbonyl (C=O) groups excluding carboxylic acids is 1. The van der Waals surface area contributed by atoms with Crippen LogP contribution in [0.1, 0.15) is 25.7 Å². The molecule has 7 heteroatoms. The summed E-state index contributed by atoms with van der Waals surface area (Å²) in [4.78, 5) is 22.9. The molecule has 0 aliphatic carbocycles. The molecule has 23 heavy (non-hydrogen) atoms. The maximum atomic E-state index is 12.6. The zero-order valence-electron chi connectivity index (χ0n) is 13.1. The Kier molecular flexibility index (Phi) is 5.83. The number of piperidine rings is 1. The quantitative estimate of drug-likeness (QED) is 0.797. The molecule has 1 aromatic heterocycles. The Balaban J connectivity index is 1.49. The van der Waals surface area contributed by atoms with Gasteiger partial charge in [0.1, 0.15) is 0 Å². The van der Waals surface area contributed by atoms with Crippen LogP contribution in [0.4, 0.5) is 0 Å². The normalized spacial score (nSPS) is 22.8. The molecule has 126 valence electrons. The van der Waals surface area contributed by atoms with Crippen LogP contribution in [0, 0.1) is 11.8 Å². The zero-order chi connectivity index (χ0) is 16.1. The summed E-state index contributed by atoms with van der Waals surface area (Å²) in [6.45, 7) is 3.60. The van der Waals surface area contributed by atoms with Gasteiger partial charge in [0.05, 0.1) is 11.1 Å². The summed E-state index contributed by atoms with van der Waals surface area (Å²) in [5, 5.41) is 0. The van der Waals surface area contributed by atoms with Crippen molar-refractivity contribution in [2.75, 3.05) is 32.9 Å². The van der Waals surface area contributed by atoms with Gasteiger partial charge in [0.25, 0.3) is 0 Å². The van der Waals surface area contributed by atoms with Gasteiger partial charge in [-0.1, -0.05) is 0 Å². The van der Waals surface area contributed by atoms with E-state index in [1.54, 1.807) is 12.4 Å². The van der Waals surface area contributed by atoms with Crippen molar-refractivity contribution in [2.45, 2.75) is 25.7 Å². The lowest BCUT2D eigenvalue weighted by atomic mass is 9.94. The van der Waals surface area contributed by atoms with Gasteiger partial charge >= 0.3 is 6.01 Å². The predicted molar refractivity (Wildman–Crippen MR) is 88.1 cm³/mol. The summed E-state index contributed by atoms with van der Waals surface area (Å²) in [6, 6.07) is 0.390. The number of halogens is 1. The van der Waals surface area contributed by atoms with Crippen molar-refractivity contribution in [3.05, 3.63) is 16.9 Å². The molecule has 2 aliphatic heterocycles. The Labute approximate surface area is 144 Å². The maximum absolute atomic E-state index is 12.6. The Bertz CT molecular complexity index is 520. The van der Waals surface area contributed by atoms with E-state index in [0.29, 0.717) is 31.7 Å². The first-order chi connectivity index (χ1) is 11.2. The summed E-state index contributed by atoms with van der Waals surface area (Å²) in [5.74, 6) is 0.774. The third-order valence-corrected chi connectivity index (χ3v) is 4.86. The monoisotopic (exact) mass is 383 g/mol. The third kappa shape index (κ3) is 4.64. The molecule has 0 saturated carbocycles. The van der Waals surface area contributed by atoms with E-state index in [1.807, 2.05) is 4.90 Å². The minimum atomic E-state index is 0.137. The average molecular weight is 384 g/mol. The molecular weight excluding hydrogens is 362 g/mol. The summed E-state index contributed by atoms with van der Waals surface area (Å²) in [6.07, 6.45) is 7.15. The van der Waals surface area contributed by atoms with Gasteiger partial charge in [-0.25, -0.2) is 9.97 Å². The van der Waals surface area contributed by atoms with E-state index >= 15 is 0 Å². The zero-order valence-corrected chi connectivity index (χ0v) is 14.7. The first kappa shape index (κ1) is 16.6. The Morgan fingerprint density at radius 1 is 1.30 bits per heavy atom. The molecule has 3 rings (SSSR count). The van der Waals surface area contributed by atoms with Crippen LogP contribution in [-0.4, -0.2) is 53.7 Å². The number of carbonyl (C=O) groups is 1. The number of likely N-dealkylation sites (tertiary alicyclic amines) is 1. The number of aromatic nitrogens is 2. The van der Waals surface area contributed by atoms with Crippen molar-refractivity contribution in [2.24, 2.45) is 11.8 Å². The molecular formula is C16H22BrN3O3. The number of hydrogen-bond acceptors (Lipinski definition) is 5. The molecule has 0 bridgehead atoms. The highest BCUT2D eigenvalue weighted by molar-refractivity contribution is 9.10. The van der Waals surface area contributed by atoms with Crippen molar-refractivity contribution >= 4 is 21.8 Å². The Hall–Kier alpha value is -1.21. The number of amides is 1. The Morgan fingerprint density at radius 2 is 2.04 bits per heavy atom. The van der Waals surface area contributed by atoms with Crippen LogP contribution in [0.2, 0.25) is 0 Å². The summed E-state index contributed by atoms with van der Waals surface area (Å²) in [7, 11) is 0. The van der Waals surface area contributed by atoms with Crippen LogP contribution >= 0.6 is 15.9 Å². The van der Waals surface area contributed by atoms with Crippen molar-refractivity contribution < 1.29 is 14.3 Å². The molecule has 0 spiro atoms. The van der Waals surface area contributed by atoms with Crippen LogP contribution in [0.25, 0.3) is 0 Å². The van der Waals surface area contributed by atoms with Crippen LogP contribution < -0.4 is 4.74 Å². The number of hydrogen-bond donors (Lipinski definition) is 0. The number of ether oxygens (including phenoxy) is 2. The molecule has 3 heterocycles. The molecule has 2 saturated heterocycles.